The fourth-order valence-corrected chi connectivity index (χ4v) is 1.36. The van der Waals surface area contributed by atoms with Gasteiger partial charge in [-0.2, -0.15) is 24.3 Å². The van der Waals surface area contributed by atoms with Crippen molar-refractivity contribution in [1.82, 2.24) is 0 Å². The molecule has 0 saturated heterocycles. The summed E-state index contributed by atoms with van der Waals surface area (Å²) in [4.78, 5) is 16.0. The smallest absolute Gasteiger partial charge is 0.307 e. The molecule has 2 nitrogen and oxygen atoms in total. The van der Waals surface area contributed by atoms with Crippen molar-refractivity contribution in [3.05, 3.63) is 97.2 Å². The van der Waals surface area contributed by atoms with Crippen LogP contribution in [-0.4, -0.2) is 13.6 Å². The van der Waals surface area contributed by atoms with Gasteiger partial charge in [-0.1, -0.05) is 0 Å². The fourth-order valence-electron chi connectivity index (χ4n) is 1.36. The molecule has 4 rings (SSSR count). The average Bonchev–Trinajstić information content (AvgIpc) is 3.48. The summed E-state index contributed by atoms with van der Waals surface area (Å²) in [6.45, 7) is 4.00. The Bertz CT molecular complexity index is 377. The maximum Gasteiger partial charge on any atom is 2.00 e. The second kappa shape index (κ2) is 45.2. The van der Waals surface area contributed by atoms with Crippen molar-refractivity contribution in [2.45, 2.75) is 25.7 Å². The van der Waals surface area contributed by atoms with Gasteiger partial charge in [-0.15, -0.1) is 50.5 Å². The van der Waals surface area contributed by atoms with E-state index in [9.17, 15) is 0 Å². The molecule has 28 heavy (non-hydrogen) atoms. The molecular formula is C22H26Cl2O2Ti2. The molecule has 0 N–H and O–H groups in total. The molecule has 0 spiro atoms. The quantitative estimate of drug-likeness (QED) is 0.324. The summed E-state index contributed by atoms with van der Waals surface area (Å²) in [5.41, 5.74) is 0. The van der Waals surface area contributed by atoms with Crippen LogP contribution in [-0.2, 0) is 53.0 Å². The summed E-state index contributed by atoms with van der Waals surface area (Å²) in [5, 5.41) is 0. The van der Waals surface area contributed by atoms with Crippen LogP contribution in [0.5, 0.6) is 0 Å². The zero-order chi connectivity index (χ0) is 18.1. The van der Waals surface area contributed by atoms with Crippen molar-refractivity contribution in [3.63, 3.8) is 0 Å². The molecule has 4 aliphatic carbocycles. The van der Waals surface area contributed by atoms with Gasteiger partial charge in [-0.3, -0.25) is 24.3 Å². The van der Waals surface area contributed by atoms with E-state index in [0.29, 0.717) is 0 Å². The third-order valence-electron chi connectivity index (χ3n) is 2.34. The molecule has 6 heteroatoms. The van der Waals surface area contributed by atoms with Gasteiger partial charge in [0.05, 0.1) is 0 Å². The van der Waals surface area contributed by atoms with Crippen LogP contribution in [0.2, 0.25) is 0 Å². The van der Waals surface area contributed by atoms with Crippen LogP contribution in [0.1, 0.15) is 25.7 Å². The normalized spacial score (nSPS) is 12.9. The number of hydrogen-bond donors (Lipinski definition) is 0. The zero-order valence-corrected chi connectivity index (χ0v) is 20.6. The van der Waals surface area contributed by atoms with Gasteiger partial charge >= 0.3 is 43.4 Å². The molecule has 0 aromatic carbocycles. The van der Waals surface area contributed by atoms with Crippen LogP contribution in [0.25, 0.3) is 0 Å². The second-order valence-electron chi connectivity index (χ2n) is 4.01. The van der Waals surface area contributed by atoms with Crippen LogP contribution in [0.15, 0.2) is 72.9 Å². The monoisotopic (exact) mass is 488 g/mol. The van der Waals surface area contributed by atoms with E-state index in [-0.39, 0.29) is 68.2 Å². The van der Waals surface area contributed by atoms with Crippen molar-refractivity contribution in [2.24, 2.45) is 0 Å². The molecule has 148 valence electrons. The molecule has 0 heterocycles. The Morgan fingerprint density at radius 2 is 0.643 bits per heavy atom. The Hall–Kier alpha value is -0.731. The summed E-state index contributed by atoms with van der Waals surface area (Å²) in [7, 11) is 0. The predicted octanol–water partition coefficient (Wildman–Crippen LogP) is 5.69. The van der Waals surface area contributed by atoms with E-state index in [1.165, 1.54) is 0 Å². The summed E-state index contributed by atoms with van der Waals surface area (Å²) >= 11 is 0. The topological polar surface area (TPSA) is 34.1 Å². The fraction of sp³-hybridized carbons (Fsp3) is 0.182. The number of halogens is 2. The van der Waals surface area contributed by atoms with Gasteiger partial charge in [-0.05, 0) is 0 Å². The number of rotatable bonds is 0. The van der Waals surface area contributed by atoms with Crippen LogP contribution in [0.3, 0.4) is 0 Å². The first kappa shape index (κ1) is 41.6. The molecule has 0 aromatic rings. The molecule has 0 amide bonds. The van der Waals surface area contributed by atoms with Crippen molar-refractivity contribution >= 4 is 38.4 Å². The summed E-state index contributed by atoms with van der Waals surface area (Å²) in [6.07, 6.45) is 40.0. The van der Waals surface area contributed by atoms with Gasteiger partial charge in [-0.25, -0.2) is 48.6 Å². The molecular weight excluding hydrogens is 463 g/mol. The molecule has 4 aliphatic rings. The molecule has 0 unspecified atom stereocenters. The van der Waals surface area contributed by atoms with Crippen LogP contribution in [0.4, 0.5) is 0 Å². The average molecular weight is 489 g/mol. The molecule has 0 aliphatic heterocycles. The molecule has 0 bridgehead atoms. The minimum absolute atomic E-state index is 0. The Balaban J connectivity index is -0.0000000521. The van der Waals surface area contributed by atoms with Crippen LogP contribution >= 0.6 is 24.8 Å². The molecule has 0 atom stereocenters. The maximum absolute atomic E-state index is 8.00. The van der Waals surface area contributed by atoms with Crippen molar-refractivity contribution in [1.29, 1.82) is 0 Å². The van der Waals surface area contributed by atoms with E-state index in [2.05, 4.69) is 48.6 Å². The van der Waals surface area contributed by atoms with E-state index in [4.69, 9.17) is 9.59 Å². The van der Waals surface area contributed by atoms with Gasteiger partial charge in [0.1, 0.15) is 13.6 Å². The summed E-state index contributed by atoms with van der Waals surface area (Å²) in [5.74, 6) is 0. The van der Waals surface area contributed by atoms with Gasteiger partial charge in [0.2, 0.25) is 0 Å². The number of carbonyl (C=O) groups is 2. The third kappa shape index (κ3) is 40.1. The SMILES string of the molecule is C=O.C=O.Cl.Cl.[C-]1=CC=CC1.[C-]1=CC=CC1.[C-]1=CC=CC1.[C-]1=CC=CC1.[Ti+2].[Ti+2]. The van der Waals surface area contributed by atoms with Crippen LogP contribution < -0.4 is 0 Å². The van der Waals surface area contributed by atoms with Gasteiger partial charge in [0.15, 0.2) is 0 Å². The van der Waals surface area contributed by atoms with E-state index in [1.54, 1.807) is 0 Å². The predicted molar refractivity (Wildman–Crippen MR) is 115 cm³/mol. The van der Waals surface area contributed by atoms with Crippen molar-refractivity contribution in [2.75, 3.05) is 0 Å². The van der Waals surface area contributed by atoms with E-state index >= 15 is 0 Å². The Morgan fingerprint density at radius 1 is 0.464 bits per heavy atom. The van der Waals surface area contributed by atoms with Crippen molar-refractivity contribution < 1.29 is 53.0 Å². The van der Waals surface area contributed by atoms with Gasteiger partial charge < -0.3 is 9.59 Å². The first-order chi connectivity index (χ1) is 12.0. The zero-order valence-electron chi connectivity index (χ0n) is 15.8. The summed E-state index contributed by atoms with van der Waals surface area (Å²) < 4.78 is 0. The molecule has 0 radical (unpaired) electrons. The largest absolute Gasteiger partial charge is 2.00 e. The minimum Gasteiger partial charge on any atom is -0.307 e. The molecule has 0 saturated carbocycles. The van der Waals surface area contributed by atoms with E-state index in [1.807, 2.05) is 62.2 Å². The molecule has 0 fully saturated rings. The Morgan fingerprint density at radius 3 is 0.679 bits per heavy atom. The summed E-state index contributed by atoms with van der Waals surface area (Å²) in [6, 6.07) is 0. The number of hydrogen-bond acceptors (Lipinski definition) is 2. The first-order valence-electron chi connectivity index (χ1n) is 7.45. The number of carbonyl (C=O) groups excluding carboxylic acids is 2. The maximum atomic E-state index is 8.00. The minimum atomic E-state index is 0. The number of allylic oxidation sites excluding steroid dienone is 16. The van der Waals surface area contributed by atoms with E-state index < -0.39 is 0 Å². The van der Waals surface area contributed by atoms with Gasteiger partial charge in [0, 0.05) is 0 Å². The van der Waals surface area contributed by atoms with Gasteiger partial charge in [0.25, 0.3) is 0 Å². The first-order valence-corrected chi connectivity index (χ1v) is 7.45. The Kier molecular flexibility index (Phi) is 67.1. The standard InChI is InChI=1S/4C5H5.2CH2O.2ClH.2Ti/c4*1-2-4-5-3-1;2*1-2;;;;/h4*1-3H,4H2;2*1H2;2*1H;;/q4*-1;;;;;2*+2. The van der Waals surface area contributed by atoms with Crippen molar-refractivity contribution in [3.8, 4) is 0 Å². The third-order valence-corrected chi connectivity index (χ3v) is 2.34. The molecule has 0 aromatic heterocycles. The second-order valence-corrected chi connectivity index (χ2v) is 4.01. The van der Waals surface area contributed by atoms with Crippen LogP contribution in [0, 0.1) is 24.3 Å². The Labute approximate surface area is 213 Å². The van der Waals surface area contributed by atoms with E-state index in [0.717, 1.165) is 25.7 Å².